The van der Waals surface area contributed by atoms with Crippen molar-refractivity contribution >= 4 is 22.5 Å². The predicted molar refractivity (Wildman–Crippen MR) is 116 cm³/mol. The Morgan fingerprint density at radius 2 is 1.81 bits per heavy atom. The summed E-state index contributed by atoms with van der Waals surface area (Å²) in [6, 6.07) is 11.0. The first-order valence-electron chi connectivity index (χ1n) is 9.90. The molecule has 0 radical (unpaired) electrons. The lowest BCUT2D eigenvalue weighted by Crippen LogP contribution is -2.14. The van der Waals surface area contributed by atoms with Gasteiger partial charge in [-0.05, 0) is 52.0 Å². The van der Waals surface area contributed by atoms with Crippen LogP contribution in [0.5, 0.6) is 0 Å². The molecule has 4 rings (SSSR count). The molecule has 0 aliphatic rings. The van der Waals surface area contributed by atoms with Gasteiger partial charge in [-0.2, -0.15) is 5.10 Å². The van der Waals surface area contributed by atoms with Crippen molar-refractivity contribution in [2.75, 3.05) is 5.32 Å². The van der Waals surface area contributed by atoms with E-state index in [-0.39, 0.29) is 12.5 Å². The molecule has 5 nitrogen and oxygen atoms in total. The van der Waals surface area contributed by atoms with Crippen LogP contribution in [-0.4, -0.2) is 20.7 Å². The Balaban J connectivity index is 1.67. The molecule has 2 aromatic heterocycles. The van der Waals surface area contributed by atoms with Gasteiger partial charge in [-0.1, -0.05) is 17.7 Å². The zero-order valence-electron chi connectivity index (χ0n) is 17.8. The van der Waals surface area contributed by atoms with E-state index in [1.807, 2.05) is 32.0 Å². The van der Waals surface area contributed by atoms with Gasteiger partial charge in [0.1, 0.15) is 11.6 Å². The average Bonchev–Trinajstić information content (AvgIpc) is 2.97. The highest BCUT2D eigenvalue weighted by Crippen LogP contribution is 2.25. The first-order chi connectivity index (χ1) is 14.7. The Hall–Kier alpha value is -3.61. The largest absolute Gasteiger partial charge is 0.319 e. The molecule has 1 amide bonds. The number of carbonyl (C=O) groups is 1. The van der Waals surface area contributed by atoms with E-state index in [9.17, 15) is 13.6 Å². The van der Waals surface area contributed by atoms with E-state index in [2.05, 4.69) is 15.4 Å². The van der Waals surface area contributed by atoms with Gasteiger partial charge in [-0.15, -0.1) is 0 Å². The van der Waals surface area contributed by atoms with Gasteiger partial charge in [0, 0.05) is 22.7 Å². The number of nitrogens with one attached hydrogen (secondary N) is 1. The van der Waals surface area contributed by atoms with Crippen molar-refractivity contribution < 1.29 is 13.6 Å². The van der Waals surface area contributed by atoms with E-state index in [1.165, 1.54) is 12.1 Å². The minimum atomic E-state index is -0.632. The average molecular weight is 420 g/mol. The summed E-state index contributed by atoms with van der Waals surface area (Å²) in [7, 11) is 0. The molecule has 0 atom stereocenters. The van der Waals surface area contributed by atoms with Gasteiger partial charge in [0.15, 0.2) is 0 Å². The van der Waals surface area contributed by atoms with Gasteiger partial charge in [0.2, 0.25) is 0 Å². The van der Waals surface area contributed by atoms with Crippen LogP contribution in [0, 0.1) is 39.3 Å². The van der Waals surface area contributed by atoms with Gasteiger partial charge in [0.05, 0.1) is 34.7 Å². The summed E-state index contributed by atoms with van der Waals surface area (Å²) in [5.41, 5.74) is 5.25. The zero-order valence-corrected chi connectivity index (χ0v) is 17.8. The van der Waals surface area contributed by atoms with Crippen LogP contribution in [0.4, 0.5) is 14.5 Å². The fourth-order valence-corrected chi connectivity index (χ4v) is 3.68. The molecular formula is C24H22F2N4O. The minimum Gasteiger partial charge on any atom is -0.319 e. The maximum Gasteiger partial charge on any atom is 0.256 e. The molecule has 0 aliphatic heterocycles. The van der Waals surface area contributed by atoms with E-state index in [4.69, 9.17) is 0 Å². The Morgan fingerprint density at radius 3 is 2.55 bits per heavy atom. The molecule has 7 heteroatoms. The van der Waals surface area contributed by atoms with E-state index >= 15 is 0 Å². The molecule has 0 saturated heterocycles. The van der Waals surface area contributed by atoms with E-state index in [0.29, 0.717) is 28.2 Å². The van der Waals surface area contributed by atoms with Gasteiger partial charge >= 0.3 is 0 Å². The number of fused-ring (bicyclic) bond motifs is 1. The molecule has 0 bridgehead atoms. The molecule has 1 N–H and O–H groups in total. The molecule has 2 aromatic carbocycles. The number of anilines is 1. The number of nitrogens with zero attached hydrogens (tertiary/aromatic N) is 3. The number of benzene rings is 2. The summed E-state index contributed by atoms with van der Waals surface area (Å²) in [5, 5.41) is 8.18. The van der Waals surface area contributed by atoms with E-state index < -0.39 is 11.6 Å². The molecule has 0 fully saturated rings. The zero-order chi connectivity index (χ0) is 22.3. The predicted octanol–water partition coefficient (Wildman–Crippen LogP) is 5.24. The van der Waals surface area contributed by atoms with Gasteiger partial charge < -0.3 is 5.32 Å². The van der Waals surface area contributed by atoms with Crippen LogP contribution in [0.1, 0.15) is 38.6 Å². The normalized spacial score (nSPS) is 11.2. The first-order valence-corrected chi connectivity index (χ1v) is 9.90. The topological polar surface area (TPSA) is 59.8 Å². The molecule has 4 aromatic rings. The summed E-state index contributed by atoms with van der Waals surface area (Å²) in [6.45, 7) is 7.53. The van der Waals surface area contributed by atoms with Crippen molar-refractivity contribution in [3.63, 3.8) is 0 Å². The van der Waals surface area contributed by atoms with Gasteiger partial charge in [-0.25, -0.2) is 8.78 Å². The number of halogens is 2. The lowest BCUT2D eigenvalue weighted by atomic mass is 10.0. The first kappa shape index (κ1) is 20.7. The molecule has 0 unspecified atom stereocenters. The lowest BCUT2D eigenvalue weighted by molar-refractivity contribution is 0.102. The van der Waals surface area contributed by atoms with Crippen molar-refractivity contribution in [1.82, 2.24) is 14.8 Å². The van der Waals surface area contributed by atoms with Crippen LogP contribution >= 0.6 is 0 Å². The number of rotatable bonds is 4. The number of aryl methyl sites for hydroxylation is 3. The highest BCUT2D eigenvalue weighted by molar-refractivity contribution is 6.12. The van der Waals surface area contributed by atoms with Crippen LogP contribution in [0.3, 0.4) is 0 Å². The van der Waals surface area contributed by atoms with Crippen molar-refractivity contribution in [2.45, 2.75) is 34.2 Å². The smallest absolute Gasteiger partial charge is 0.256 e. The monoisotopic (exact) mass is 420 g/mol. The Bertz CT molecular complexity index is 1330. The van der Waals surface area contributed by atoms with E-state index in [0.717, 1.165) is 28.2 Å². The third-order valence-electron chi connectivity index (χ3n) is 5.29. The highest BCUT2D eigenvalue weighted by Gasteiger charge is 2.18. The second-order valence-corrected chi connectivity index (χ2v) is 7.73. The number of aromatic nitrogens is 3. The van der Waals surface area contributed by atoms with Crippen molar-refractivity contribution in [1.29, 1.82) is 0 Å². The maximum absolute atomic E-state index is 14.1. The van der Waals surface area contributed by atoms with E-state index in [1.54, 1.807) is 24.6 Å². The van der Waals surface area contributed by atoms with Crippen LogP contribution in [0.25, 0.3) is 10.9 Å². The Morgan fingerprint density at radius 1 is 1.03 bits per heavy atom. The maximum atomic E-state index is 14.1. The van der Waals surface area contributed by atoms with Gasteiger partial charge in [0.25, 0.3) is 5.91 Å². The quantitative estimate of drug-likeness (QED) is 0.491. The van der Waals surface area contributed by atoms with Crippen LogP contribution in [-0.2, 0) is 6.54 Å². The van der Waals surface area contributed by atoms with Gasteiger partial charge in [-0.3, -0.25) is 14.5 Å². The molecule has 0 aliphatic carbocycles. The number of hydrogen-bond donors (Lipinski definition) is 1. The van der Waals surface area contributed by atoms with Crippen LogP contribution in [0.2, 0.25) is 0 Å². The van der Waals surface area contributed by atoms with Crippen LogP contribution < -0.4 is 5.32 Å². The third kappa shape index (κ3) is 4.03. The molecule has 2 heterocycles. The highest BCUT2D eigenvalue weighted by atomic mass is 19.1. The SMILES string of the molecule is Cc1ccc2nc(C)cc(C(=O)Nc3c(C)nn(Cc4ccc(F)cc4F)c3C)c2c1. The number of pyridine rings is 1. The lowest BCUT2D eigenvalue weighted by Gasteiger charge is -2.11. The summed E-state index contributed by atoms with van der Waals surface area (Å²) in [5.74, 6) is -1.52. The third-order valence-corrected chi connectivity index (χ3v) is 5.29. The molecular weight excluding hydrogens is 398 g/mol. The van der Waals surface area contributed by atoms with Crippen molar-refractivity contribution in [2.24, 2.45) is 0 Å². The Kier molecular flexibility index (Phi) is 5.27. The van der Waals surface area contributed by atoms with Crippen molar-refractivity contribution in [3.8, 4) is 0 Å². The molecule has 0 spiro atoms. The molecule has 31 heavy (non-hydrogen) atoms. The second-order valence-electron chi connectivity index (χ2n) is 7.73. The minimum absolute atomic E-state index is 0.130. The summed E-state index contributed by atoms with van der Waals surface area (Å²) < 4.78 is 28.9. The van der Waals surface area contributed by atoms with Crippen molar-refractivity contribution in [3.05, 3.63) is 87.9 Å². The summed E-state index contributed by atoms with van der Waals surface area (Å²) in [4.78, 5) is 17.7. The number of amides is 1. The fourth-order valence-electron chi connectivity index (χ4n) is 3.68. The Labute approximate surface area is 178 Å². The standard InChI is InChI=1S/C24H22F2N4O/c1-13-5-8-22-19(9-13)20(10-14(2)27-22)24(31)28-23-15(3)29-30(16(23)4)12-17-6-7-18(25)11-21(17)26/h5-11H,12H2,1-4H3,(H,28,31). The fraction of sp³-hybridized carbons (Fsp3) is 0.208. The van der Waals surface area contributed by atoms with Crippen LogP contribution in [0.15, 0.2) is 42.5 Å². The molecule has 0 saturated carbocycles. The number of hydrogen-bond acceptors (Lipinski definition) is 3. The number of carbonyl (C=O) groups excluding carboxylic acids is 1. The molecule has 158 valence electrons. The summed E-state index contributed by atoms with van der Waals surface area (Å²) >= 11 is 0. The summed E-state index contributed by atoms with van der Waals surface area (Å²) in [6.07, 6.45) is 0. The second kappa shape index (κ2) is 7.91.